The van der Waals surface area contributed by atoms with Crippen LogP contribution in [0.1, 0.15) is 18.2 Å². The van der Waals surface area contributed by atoms with Gasteiger partial charge in [-0.05, 0) is 48.4 Å². The van der Waals surface area contributed by atoms with Gasteiger partial charge in [0.15, 0.2) is 11.5 Å². The van der Waals surface area contributed by atoms with E-state index in [0.717, 1.165) is 27.6 Å². The van der Waals surface area contributed by atoms with Gasteiger partial charge in [-0.1, -0.05) is 0 Å². The van der Waals surface area contributed by atoms with Crippen molar-refractivity contribution in [2.24, 2.45) is 0 Å². The van der Waals surface area contributed by atoms with Crippen LogP contribution in [0.25, 0.3) is 21.9 Å². The third-order valence-electron chi connectivity index (χ3n) is 4.89. The second kappa shape index (κ2) is 5.36. The van der Waals surface area contributed by atoms with Gasteiger partial charge in [0.2, 0.25) is 0 Å². The summed E-state index contributed by atoms with van der Waals surface area (Å²) in [5.74, 6) is 1.85. The number of aromatic nitrogens is 1. The van der Waals surface area contributed by atoms with Crippen LogP contribution in [0, 0.1) is 0 Å². The highest BCUT2D eigenvalue weighted by atomic mass is 16.5. The molecule has 0 saturated carbocycles. The minimum atomic E-state index is -1.33. The van der Waals surface area contributed by atoms with Crippen molar-refractivity contribution in [3.05, 3.63) is 47.8 Å². The Bertz CT molecular complexity index is 995. The highest BCUT2D eigenvalue weighted by Crippen LogP contribution is 2.53. The second-order valence-corrected chi connectivity index (χ2v) is 6.19. The number of rotatable bonds is 3. The Morgan fingerprint density at radius 1 is 0.880 bits per heavy atom. The maximum absolute atomic E-state index is 11.4. The molecule has 0 aliphatic heterocycles. The summed E-state index contributed by atoms with van der Waals surface area (Å²) in [6.45, 7) is 1.73. The topological polar surface area (TPSA) is 60.8 Å². The summed E-state index contributed by atoms with van der Waals surface area (Å²) in [6.07, 6.45) is 1.69. The molecule has 1 unspecified atom stereocenters. The van der Waals surface area contributed by atoms with Crippen molar-refractivity contribution in [3.63, 3.8) is 0 Å². The fraction of sp³-hybridized carbons (Fsp3) is 0.250. The maximum atomic E-state index is 11.4. The fourth-order valence-electron chi connectivity index (χ4n) is 3.80. The van der Waals surface area contributed by atoms with Crippen molar-refractivity contribution in [3.8, 4) is 28.4 Å². The Morgan fingerprint density at radius 3 is 2.24 bits per heavy atom. The van der Waals surface area contributed by atoms with Gasteiger partial charge in [0, 0.05) is 22.5 Å². The van der Waals surface area contributed by atoms with E-state index in [1.807, 2.05) is 30.3 Å². The number of ether oxygens (including phenoxy) is 3. The zero-order chi connectivity index (χ0) is 17.8. The number of benzene rings is 2. The van der Waals surface area contributed by atoms with E-state index in [9.17, 15) is 5.11 Å². The molecule has 1 heterocycles. The molecule has 1 atom stereocenters. The Hall–Kier alpha value is -2.79. The molecule has 0 saturated heterocycles. The van der Waals surface area contributed by atoms with E-state index in [1.165, 1.54) is 0 Å². The van der Waals surface area contributed by atoms with Crippen molar-refractivity contribution >= 4 is 10.8 Å². The molecule has 128 valence electrons. The molecule has 1 aromatic heterocycles. The van der Waals surface area contributed by atoms with Crippen LogP contribution in [0.5, 0.6) is 17.2 Å². The average molecular weight is 337 g/mol. The third kappa shape index (κ3) is 1.96. The Labute approximate surface area is 145 Å². The van der Waals surface area contributed by atoms with Gasteiger partial charge < -0.3 is 19.3 Å². The summed E-state index contributed by atoms with van der Waals surface area (Å²) in [5.41, 5.74) is 1.80. The minimum Gasteiger partial charge on any atom is -0.496 e. The molecular formula is C20H19NO4. The molecule has 0 radical (unpaired) electrons. The normalized spacial score (nSPS) is 18.0. The van der Waals surface area contributed by atoms with Crippen LogP contribution in [0.15, 0.2) is 36.5 Å². The molecule has 4 rings (SSSR count). The molecule has 5 nitrogen and oxygen atoms in total. The van der Waals surface area contributed by atoms with Gasteiger partial charge in [0.25, 0.3) is 0 Å². The predicted octanol–water partition coefficient (Wildman–Crippen LogP) is 3.50. The number of aliphatic hydroxyl groups is 1. The van der Waals surface area contributed by atoms with Crippen molar-refractivity contribution < 1.29 is 19.3 Å². The molecule has 0 spiro atoms. The van der Waals surface area contributed by atoms with Crippen LogP contribution in [0.3, 0.4) is 0 Å². The lowest BCUT2D eigenvalue weighted by Crippen LogP contribution is -2.29. The molecule has 1 aliphatic rings. The molecule has 3 aromatic rings. The molecule has 25 heavy (non-hydrogen) atoms. The quantitative estimate of drug-likeness (QED) is 0.793. The van der Waals surface area contributed by atoms with Crippen LogP contribution in [-0.2, 0) is 5.60 Å². The van der Waals surface area contributed by atoms with E-state index >= 15 is 0 Å². The van der Waals surface area contributed by atoms with E-state index in [4.69, 9.17) is 14.2 Å². The number of nitrogens with zero attached hydrogens (tertiary/aromatic N) is 1. The lowest BCUT2D eigenvalue weighted by molar-refractivity contribution is 0.0952. The van der Waals surface area contributed by atoms with E-state index in [2.05, 4.69) is 4.98 Å². The van der Waals surface area contributed by atoms with Crippen LogP contribution in [-0.4, -0.2) is 31.4 Å². The van der Waals surface area contributed by atoms with Crippen LogP contribution >= 0.6 is 0 Å². The summed E-state index contributed by atoms with van der Waals surface area (Å²) < 4.78 is 16.5. The fourth-order valence-corrected chi connectivity index (χ4v) is 3.80. The van der Waals surface area contributed by atoms with Gasteiger partial charge in [0.05, 0.1) is 27.0 Å². The second-order valence-electron chi connectivity index (χ2n) is 6.19. The number of fused-ring (bicyclic) bond motifs is 2. The summed E-state index contributed by atoms with van der Waals surface area (Å²) in [5, 5.41) is 13.3. The smallest absolute Gasteiger partial charge is 0.167 e. The van der Waals surface area contributed by atoms with Gasteiger partial charge in [0.1, 0.15) is 11.4 Å². The predicted molar refractivity (Wildman–Crippen MR) is 95.5 cm³/mol. The largest absolute Gasteiger partial charge is 0.496 e. The van der Waals surface area contributed by atoms with Gasteiger partial charge in [-0.3, -0.25) is 4.98 Å². The molecule has 0 amide bonds. The highest BCUT2D eigenvalue weighted by molar-refractivity contribution is 6.05. The van der Waals surface area contributed by atoms with Crippen LogP contribution < -0.4 is 14.2 Å². The molecule has 0 bridgehead atoms. The van der Waals surface area contributed by atoms with Crippen LogP contribution in [0.4, 0.5) is 0 Å². The van der Waals surface area contributed by atoms with Crippen molar-refractivity contribution in [1.82, 2.24) is 4.98 Å². The summed E-state index contributed by atoms with van der Waals surface area (Å²) in [4.78, 5) is 4.49. The van der Waals surface area contributed by atoms with E-state index in [0.29, 0.717) is 22.8 Å². The van der Waals surface area contributed by atoms with E-state index < -0.39 is 5.60 Å². The standard InChI is InChI=1S/C20H19NO4/c1-20(22)17-12(6-8-15(24-3)18(17)25-4)11-5-7-14(23-2)13-9-10-21-19(20)16(11)13/h5-10,22H,1-4H3. The number of hydrogen-bond acceptors (Lipinski definition) is 5. The van der Waals surface area contributed by atoms with Gasteiger partial charge in [-0.15, -0.1) is 0 Å². The SMILES string of the molecule is COc1ccc2c(c1OC)C(C)(O)c1nccc3c(OC)ccc-2c13. The monoisotopic (exact) mass is 337 g/mol. The summed E-state index contributed by atoms with van der Waals surface area (Å²) >= 11 is 0. The number of pyridine rings is 1. The maximum Gasteiger partial charge on any atom is 0.167 e. The van der Waals surface area contributed by atoms with Crippen LogP contribution in [0.2, 0.25) is 0 Å². The lowest BCUT2D eigenvalue weighted by atomic mass is 9.76. The first-order chi connectivity index (χ1) is 12.0. The minimum absolute atomic E-state index is 0.519. The zero-order valence-corrected chi connectivity index (χ0v) is 14.6. The summed E-state index contributed by atoms with van der Waals surface area (Å²) in [7, 11) is 4.80. The number of methoxy groups -OCH3 is 3. The third-order valence-corrected chi connectivity index (χ3v) is 4.89. The molecular weight excluding hydrogens is 318 g/mol. The summed E-state index contributed by atoms with van der Waals surface area (Å²) in [6, 6.07) is 9.63. The zero-order valence-electron chi connectivity index (χ0n) is 14.6. The van der Waals surface area contributed by atoms with Gasteiger partial charge >= 0.3 is 0 Å². The molecule has 2 aromatic carbocycles. The van der Waals surface area contributed by atoms with Gasteiger partial charge in [-0.25, -0.2) is 0 Å². The molecule has 1 aliphatic carbocycles. The first-order valence-electron chi connectivity index (χ1n) is 7.99. The Morgan fingerprint density at radius 2 is 1.56 bits per heavy atom. The van der Waals surface area contributed by atoms with Crippen molar-refractivity contribution in [1.29, 1.82) is 0 Å². The Balaban J connectivity index is 2.20. The number of hydrogen-bond donors (Lipinski definition) is 1. The highest BCUT2D eigenvalue weighted by Gasteiger charge is 2.40. The molecule has 0 fully saturated rings. The Kier molecular flexibility index (Phi) is 3.37. The van der Waals surface area contributed by atoms with E-state index in [1.54, 1.807) is 34.4 Å². The molecule has 1 N–H and O–H groups in total. The average Bonchev–Trinajstić information content (AvgIpc) is 2.64. The van der Waals surface area contributed by atoms with Crippen molar-refractivity contribution in [2.45, 2.75) is 12.5 Å². The van der Waals surface area contributed by atoms with E-state index in [-0.39, 0.29) is 0 Å². The molecule has 5 heteroatoms. The first-order valence-corrected chi connectivity index (χ1v) is 7.99. The lowest BCUT2D eigenvalue weighted by Gasteiger charge is -2.34. The van der Waals surface area contributed by atoms with Crippen molar-refractivity contribution in [2.75, 3.05) is 21.3 Å². The van der Waals surface area contributed by atoms with Gasteiger partial charge in [-0.2, -0.15) is 0 Å². The first kappa shape index (κ1) is 15.7.